The van der Waals surface area contributed by atoms with E-state index in [0.29, 0.717) is 0 Å². The van der Waals surface area contributed by atoms with Crippen molar-refractivity contribution < 1.29 is 0 Å². The Labute approximate surface area is 107 Å². The van der Waals surface area contributed by atoms with Gasteiger partial charge in [-0.25, -0.2) is 0 Å². The van der Waals surface area contributed by atoms with E-state index in [1.807, 2.05) is 12.4 Å². The Hall–Kier alpha value is -0.850. The third-order valence-corrected chi connectivity index (χ3v) is 3.67. The van der Waals surface area contributed by atoms with Gasteiger partial charge in [-0.3, -0.25) is 4.98 Å². The maximum Gasteiger partial charge on any atom is 0.0307 e. The van der Waals surface area contributed by atoms with Crippen LogP contribution in [0.2, 0.25) is 0 Å². The molecule has 0 aliphatic rings. The molecule has 1 heteroatoms. The van der Waals surface area contributed by atoms with Crippen molar-refractivity contribution in [2.24, 2.45) is 0 Å². The molecule has 0 aliphatic carbocycles. The van der Waals surface area contributed by atoms with Crippen LogP contribution in [0.25, 0.3) is 0 Å². The Morgan fingerprint density at radius 1 is 1.12 bits per heavy atom. The fraction of sp³-hybridized carbons (Fsp3) is 0.688. The van der Waals surface area contributed by atoms with Crippen LogP contribution in [0.5, 0.6) is 0 Å². The molecule has 0 unspecified atom stereocenters. The number of hydrogen-bond donors (Lipinski definition) is 0. The van der Waals surface area contributed by atoms with Gasteiger partial charge in [0.15, 0.2) is 0 Å². The highest BCUT2D eigenvalue weighted by Crippen LogP contribution is 2.30. The molecule has 0 saturated carbocycles. The molecular weight excluding hydrogens is 206 g/mol. The van der Waals surface area contributed by atoms with E-state index in [1.165, 1.54) is 49.7 Å². The third-order valence-electron chi connectivity index (χ3n) is 3.67. The summed E-state index contributed by atoms with van der Waals surface area (Å²) in [6.07, 6.45) is 12.0. The predicted molar refractivity (Wildman–Crippen MR) is 75.4 cm³/mol. The van der Waals surface area contributed by atoms with E-state index in [0.717, 1.165) is 0 Å². The van der Waals surface area contributed by atoms with Crippen LogP contribution in [0.15, 0.2) is 18.5 Å². The van der Waals surface area contributed by atoms with Crippen LogP contribution < -0.4 is 0 Å². The van der Waals surface area contributed by atoms with Gasteiger partial charge in [0.1, 0.15) is 0 Å². The topological polar surface area (TPSA) is 12.9 Å². The van der Waals surface area contributed by atoms with Crippen molar-refractivity contribution in [1.29, 1.82) is 0 Å². The van der Waals surface area contributed by atoms with Crippen LogP contribution in [0.1, 0.15) is 70.4 Å². The van der Waals surface area contributed by atoms with Gasteiger partial charge in [0.2, 0.25) is 0 Å². The van der Waals surface area contributed by atoms with Gasteiger partial charge in [0.05, 0.1) is 0 Å². The first-order valence-electron chi connectivity index (χ1n) is 6.99. The average molecular weight is 233 g/mol. The van der Waals surface area contributed by atoms with Crippen molar-refractivity contribution in [3.8, 4) is 0 Å². The van der Waals surface area contributed by atoms with Crippen molar-refractivity contribution in [3.63, 3.8) is 0 Å². The normalized spacial score (nSPS) is 11.8. The first-order chi connectivity index (χ1) is 8.08. The molecule has 0 spiro atoms. The van der Waals surface area contributed by atoms with Gasteiger partial charge in [-0.15, -0.1) is 0 Å². The highest BCUT2D eigenvalue weighted by molar-refractivity contribution is 5.28. The molecule has 96 valence electrons. The number of pyridine rings is 1. The van der Waals surface area contributed by atoms with Crippen LogP contribution in [0, 0.1) is 6.92 Å². The summed E-state index contributed by atoms with van der Waals surface area (Å²) in [4.78, 5) is 4.27. The summed E-state index contributed by atoms with van der Waals surface area (Å²) in [6.45, 7) is 9.15. The van der Waals surface area contributed by atoms with E-state index in [9.17, 15) is 0 Å². The zero-order chi connectivity index (χ0) is 12.7. The van der Waals surface area contributed by atoms with Crippen LogP contribution in [0.3, 0.4) is 0 Å². The summed E-state index contributed by atoms with van der Waals surface area (Å²) in [7, 11) is 0. The summed E-state index contributed by atoms with van der Waals surface area (Å²) < 4.78 is 0. The lowest BCUT2D eigenvalue weighted by Crippen LogP contribution is -2.18. The highest BCUT2D eigenvalue weighted by Gasteiger charge is 2.21. The van der Waals surface area contributed by atoms with Gasteiger partial charge in [0, 0.05) is 12.4 Å². The molecule has 17 heavy (non-hydrogen) atoms. The molecule has 0 saturated heterocycles. The van der Waals surface area contributed by atoms with Gasteiger partial charge in [0.25, 0.3) is 0 Å². The Balaban J connectivity index is 2.48. The van der Waals surface area contributed by atoms with Crippen LogP contribution >= 0.6 is 0 Å². The lowest BCUT2D eigenvalue weighted by atomic mass is 9.79. The van der Waals surface area contributed by atoms with Gasteiger partial charge >= 0.3 is 0 Å². The van der Waals surface area contributed by atoms with Gasteiger partial charge in [-0.1, -0.05) is 52.9 Å². The fourth-order valence-corrected chi connectivity index (χ4v) is 2.48. The largest absolute Gasteiger partial charge is 0.264 e. The number of aryl methyl sites for hydroxylation is 1. The lowest BCUT2D eigenvalue weighted by Gasteiger charge is -2.26. The van der Waals surface area contributed by atoms with E-state index < -0.39 is 0 Å². The van der Waals surface area contributed by atoms with Crippen molar-refractivity contribution in [1.82, 2.24) is 4.98 Å². The Morgan fingerprint density at radius 3 is 2.47 bits per heavy atom. The second-order valence-electron chi connectivity index (χ2n) is 5.74. The molecule has 0 aromatic carbocycles. The first kappa shape index (κ1) is 14.2. The fourth-order valence-electron chi connectivity index (χ4n) is 2.48. The zero-order valence-electron chi connectivity index (χ0n) is 11.9. The monoisotopic (exact) mass is 233 g/mol. The molecule has 0 radical (unpaired) electrons. The molecule has 1 nitrogen and oxygen atoms in total. The molecule has 1 aromatic rings. The molecule has 0 atom stereocenters. The van der Waals surface area contributed by atoms with Gasteiger partial charge in [-0.2, -0.15) is 0 Å². The molecule has 0 N–H and O–H groups in total. The summed E-state index contributed by atoms with van der Waals surface area (Å²) in [5.74, 6) is 0. The summed E-state index contributed by atoms with van der Waals surface area (Å²) >= 11 is 0. The zero-order valence-corrected chi connectivity index (χ0v) is 11.9. The third kappa shape index (κ3) is 4.49. The molecule has 0 amide bonds. The van der Waals surface area contributed by atoms with Crippen molar-refractivity contribution in [2.45, 2.75) is 71.6 Å². The Kier molecular flexibility index (Phi) is 5.67. The van der Waals surface area contributed by atoms with Crippen molar-refractivity contribution in [2.75, 3.05) is 0 Å². The summed E-state index contributed by atoms with van der Waals surface area (Å²) in [5.41, 5.74) is 3.05. The number of hydrogen-bond acceptors (Lipinski definition) is 1. The van der Waals surface area contributed by atoms with Crippen LogP contribution in [-0.4, -0.2) is 4.98 Å². The summed E-state index contributed by atoms with van der Waals surface area (Å²) in [6, 6.07) is 2.12. The highest BCUT2D eigenvalue weighted by atomic mass is 14.6. The molecule has 0 fully saturated rings. The van der Waals surface area contributed by atoms with Gasteiger partial charge < -0.3 is 0 Å². The Bertz CT molecular complexity index is 328. The predicted octanol–water partition coefficient (Wildman–Crippen LogP) is 5.03. The number of nitrogens with zero attached hydrogens (tertiary/aromatic N) is 1. The summed E-state index contributed by atoms with van der Waals surface area (Å²) in [5, 5.41) is 0. The van der Waals surface area contributed by atoms with Crippen molar-refractivity contribution in [3.05, 3.63) is 29.6 Å². The van der Waals surface area contributed by atoms with Crippen molar-refractivity contribution >= 4 is 0 Å². The average Bonchev–Trinajstić information content (AvgIpc) is 2.29. The number of rotatable bonds is 7. The molecule has 0 bridgehead atoms. The quantitative estimate of drug-likeness (QED) is 0.602. The second-order valence-corrected chi connectivity index (χ2v) is 5.74. The van der Waals surface area contributed by atoms with E-state index in [4.69, 9.17) is 0 Å². The smallest absolute Gasteiger partial charge is 0.0307 e. The van der Waals surface area contributed by atoms with E-state index >= 15 is 0 Å². The number of unbranched alkanes of at least 4 members (excludes halogenated alkanes) is 4. The lowest BCUT2D eigenvalue weighted by molar-refractivity contribution is 0.441. The maximum atomic E-state index is 4.27. The molecule has 0 aliphatic heterocycles. The standard InChI is InChI=1S/C16H27N/c1-5-6-7-8-9-11-16(3,4)15-13-17-12-10-14(15)2/h10,12-13H,5-9,11H2,1-4H3. The van der Waals surface area contributed by atoms with Crippen LogP contribution in [0.4, 0.5) is 0 Å². The molecule has 1 rings (SSSR count). The van der Waals surface area contributed by atoms with Crippen LogP contribution in [-0.2, 0) is 5.41 Å². The molecule has 1 heterocycles. The van der Waals surface area contributed by atoms with E-state index in [1.54, 1.807) is 0 Å². The maximum absolute atomic E-state index is 4.27. The molecule has 1 aromatic heterocycles. The van der Waals surface area contributed by atoms with E-state index in [-0.39, 0.29) is 5.41 Å². The number of aromatic nitrogens is 1. The minimum absolute atomic E-state index is 0.268. The minimum Gasteiger partial charge on any atom is -0.264 e. The Morgan fingerprint density at radius 2 is 1.82 bits per heavy atom. The van der Waals surface area contributed by atoms with Gasteiger partial charge in [-0.05, 0) is 36.0 Å². The second kappa shape index (κ2) is 6.78. The minimum atomic E-state index is 0.268. The molecular formula is C16H27N. The first-order valence-corrected chi connectivity index (χ1v) is 6.99. The van der Waals surface area contributed by atoms with E-state index in [2.05, 4.69) is 38.7 Å². The SMILES string of the molecule is CCCCCCCC(C)(C)c1cnccc1C.